The van der Waals surface area contributed by atoms with Crippen molar-refractivity contribution in [2.75, 3.05) is 11.9 Å². The standard InChI is InChI=1S/C16H24ClNO2/c1-11(2)20-15-6-5-12(9-14(15)17)18-13-7-8-19-16(3,4)10-13/h5-6,9,11,13,18H,7-8,10H2,1-4H3. The molecule has 1 fully saturated rings. The molecule has 1 saturated heterocycles. The molecule has 20 heavy (non-hydrogen) atoms. The zero-order valence-corrected chi connectivity index (χ0v) is 13.5. The molecule has 1 aromatic carbocycles. The third-order valence-corrected chi connectivity index (χ3v) is 3.66. The average Bonchev–Trinajstić information content (AvgIpc) is 2.31. The minimum Gasteiger partial charge on any atom is -0.489 e. The second-order valence-electron chi connectivity index (χ2n) is 6.25. The number of anilines is 1. The predicted molar refractivity (Wildman–Crippen MR) is 83.9 cm³/mol. The predicted octanol–water partition coefficient (Wildman–Crippen LogP) is 4.50. The highest BCUT2D eigenvalue weighted by molar-refractivity contribution is 6.32. The van der Waals surface area contributed by atoms with Gasteiger partial charge in [-0.15, -0.1) is 0 Å². The number of hydrogen-bond donors (Lipinski definition) is 1. The second kappa shape index (κ2) is 6.23. The summed E-state index contributed by atoms with van der Waals surface area (Å²) in [5.74, 6) is 0.736. The van der Waals surface area contributed by atoms with Crippen LogP contribution in [-0.4, -0.2) is 24.4 Å². The van der Waals surface area contributed by atoms with Crippen LogP contribution in [0.4, 0.5) is 5.69 Å². The first-order valence-corrected chi connectivity index (χ1v) is 7.60. The van der Waals surface area contributed by atoms with Crippen molar-refractivity contribution in [1.82, 2.24) is 0 Å². The van der Waals surface area contributed by atoms with Gasteiger partial charge in [0.15, 0.2) is 0 Å². The SMILES string of the molecule is CC(C)Oc1ccc(NC2CCOC(C)(C)C2)cc1Cl. The van der Waals surface area contributed by atoms with Gasteiger partial charge in [0.05, 0.1) is 16.7 Å². The average molecular weight is 298 g/mol. The fraction of sp³-hybridized carbons (Fsp3) is 0.625. The summed E-state index contributed by atoms with van der Waals surface area (Å²) in [7, 11) is 0. The van der Waals surface area contributed by atoms with Crippen LogP contribution in [0.15, 0.2) is 18.2 Å². The molecule has 0 radical (unpaired) electrons. The Morgan fingerprint density at radius 1 is 1.40 bits per heavy atom. The summed E-state index contributed by atoms with van der Waals surface area (Å²) in [6.45, 7) is 9.05. The Labute approximate surface area is 126 Å². The van der Waals surface area contributed by atoms with Crippen LogP contribution in [0.3, 0.4) is 0 Å². The zero-order chi connectivity index (χ0) is 14.8. The Hall–Kier alpha value is -0.930. The third kappa shape index (κ3) is 4.29. The van der Waals surface area contributed by atoms with Crippen molar-refractivity contribution in [1.29, 1.82) is 0 Å². The second-order valence-corrected chi connectivity index (χ2v) is 6.66. The van der Waals surface area contributed by atoms with E-state index in [1.165, 1.54) is 0 Å². The fourth-order valence-electron chi connectivity index (χ4n) is 2.53. The van der Waals surface area contributed by atoms with Crippen LogP contribution >= 0.6 is 11.6 Å². The number of halogens is 1. The van der Waals surface area contributed by atoms with E-state index in [2.05, 4.69) is 19.2 Å². The monoisotopic (exact) mass is 297 g/mol. The van der Waals surface area contributed by atoms with Gasteiger partial charge in [0.2, 0.25) is 0 Å². The molecule has 1 aromatic rings. The van der Waals surface area contributed by atoms with E-state index in [0.29, 0.717) is 11.1 Å². The van der Waals surface area contributed by atoms with Crippen molar-refractivity contribution < 1.29 is 9.47 Å². The first-order chi connectivity index (χ1) is 9.35. The normalized spacial score (nSPS) is 21.8. The number of rotatable bonds is 4. The van der Waals surface area contributed by atoms with E-state index in [-0.39, 0.29) is 11.7 Å². The molecule has 4 heteroatoms. The van der Waals surface area contributed by atoms with Crippen LogP contribution in [0.25, 0.3) is 0 Å². The van der Waals surface area contributed by atoms with E-state index < -0.39 is 0 Å². The van der Waals surface area contributed by atoms with Crippen molar-refractivity contribution in [2.24, 2.45) is 0 Å². The van der Waals surface area contributed by atoms with Gasteiger partial charge in [0.25, 0.3) is 0 Å². The van der Waals surface area contributed by atoms with Crippen LogP contribution in [0.1, 0.15) is 40.5 Å². The topological polar surface area (TPSA) is 30.5 Å². The molecule has 1 aliphatic heterocycles. The maximum absolute atomic E-state index is 6.26. The molecule has 3 nitrogen and oxygen atoms in total. The van der Waals surface area contributed by atoms with Crippen molar-refractivity contribution in [3.63, 3.8) is 0 Å². The number of nitrogens with one attached hydrogen (secondary N) is 1. The molecule has 1 unspecified atom stereocenters. The highest BCUT2D eigenvalue weighted by atomic mass is 35.5. The Balaban J connectivity index is 2.01. The van der Waals surface area contributed by atoms with Crippen LogP contribution in [0, 0.1) is 0 Å². The van der Waals surface area contributed by atoms with Crippen LogP contribution in [0.2, 0.25) is 5.02 Å². The van der Waals surface area contributed by atoms with Gasteiger partial charge in [-0.2, -0.15) is 0 Å². The minimum atomic E-state index is -0.0552. The highest BCUT2D eigenvalue weighted by Crippen LogP contribution is 2.31. The molecule has 0 aromatic heterocycles. The van der Waals surface area contributed by atoms with E-state index in [1.54, 1.807) is 0 Å². The number of hydrogen-bond acceptors (Lipinski definition) is 3. The van der Waals surface area contributed by atoms with Crippen molar-refractivity contribution in [3.8, 4) is 5.75 Å². The van der Waals surface area contributed by atoms with Crippen LogP contribution in [0.5, 0.6) is 5.75 Å². The van der Waals surface area contributed by atoms with Gasteiger partial charge in [-0.05, 0) is 58.7 Å². The summed E-state index contributed by atoms with van der Waals surface area (Å²) in [6, 6.07) is 6.30. The zero-order valence-electron chi connectivity index (χ0n) is 12.7. The van der Waals surface area contributed by atoms with Gasteiger partial charge in [-0.1, -0.05) is 11.6 Å². The largest absolute Gasteiger partial charge is 0.489 e. The third-order valence-electron chi connectivity index (χ3n) is 3.36. The van der Waals surface area contributed by atoms with Gasteiger partial charge in [0.1, 0.15) is 5.75 Å². The molecule has 2 rings (SSSR count). The van der Waals surface area contributed by atoms with Crippen molar-refractivity contribution >= 4 is 17.3 Å². The highest BCUT2D eigenvalue weighted by Gasteiger charge is 2.28. The Morgan fingerprint density at radius 3 is 2.75 bits per heavy atom. The molecular formula is C16H24ClNO2. The van der Waals surface area contributed by atoms with Crippen molar-refractivity contribution in [3.05, 3.63) is 23.2 Å². The molecular weight excluding hydrogens is 274 g/mol. The van der Waals surface area contributed by atoms with Gasteiger partial charge < -0.3 is 14.8 Å². The lowest BCUT2D eigenvalue weighted by Gasteiger charge is -2.36. The lowest BCUT2D eigenvalue weighted by molar-refractivity contribution is -0.0553. The molecule has 0 bridgehead atoms. The molecule has 0 spiro atoms. The van der Waals surface area contributed by atoms with E-state index in [1.807, 2.05) is 32.0 Å². The summed E-state index contributed by atoms with van der Waals surface area (Å²) in [5, 5.41) is 4.19. The summed E-state index contributed by atoms with van der Waals surface area (Å²) in [4.78, 5) is 0. The molecule has 1 aliphatic rings. The molecule has 0 amide bonds. The quantitative estimate of drug-likeness (QED) is 0.888. The summed E-state index contributed by atoms with van der Waals surface area (Å²) in [6.07, 6.45) is 2.14. The maximum atomic E-state index is 6.26. The molecule has 1 heterocycles. The van der Waals surface area contributed by atoms with E-state index in [9.17, 15) is 0 Å². The van der Waals surface area contributed by atoms with Gasteiger partial charge in [-0.3, -0.25) is 0 Å². The number of ether oxygens (including phenoxy) is 2. The Kier molecular flexibility index (Phi) is 4.82. The maximum Gasteiger partial charge on any atom is 0.138 e. The smallest absolute Gasteiger partial charge is 0.138 e. The lowest BCUT2D eigenvalue weighted by Crippen LogP contribution is -2.40. The molecule has 0 saturated carbocycles. The van der Waals surface area contributed by atoms with E-state index >= 15 is 0 Å². The molecule has 0 aliphatic carbocycles. The minimum absolute atomic E-state index is 0.0552. The summed E-state index contributed by atoms with van der Waals surface area (Å²) in [5.41, 5.74) is 0.981. The molecule has 112 valence electrons. The first-order valence-electron chi connectivity index (χ1n) is 7.22. The molecule has 1 N–H and O–H groups in total. The van der Waals surface area contributed by atoms with Gasteiger partial charge >= 0.3 is 0 Å². The summed E-state index contributed by atoms with van der Waals surface area (Å²) < 4.78 is 11.4. The first kappa shape index (κ1) is 15.5. The number of benzene rings is 1. The van der Waals surface area contributed by atoms with Gasteiger partial charge in [-0.25, -0.2) is 0 Å². The Morgan fingerprint density at radius 2 is 2.15 bits per heavy atom. The Bertz CT molecular complexity index is 460. The summed E-state index contributed by atoms with van der Waals surface area (Å²) >= 11 is 6.26. The van der Waals surface area contributed by atoms with Crippen LogP contribution < -0.4 is 10.1 Å². The molecule has 1 atom stereocenters. The van der Waals surface area contributed by atoms with E-state index in [0.717, 1.165) is 30.9 Å². The van der Waals surface area contributed by atoms with Gasteiger partial charge in [0, 0.05) is 18.3 Å². The van der Waals surface area contributed by atoms with Crippen LogP contribution in [-0.2, 0) is 4.74 Å². The lowest BCUT2D eigenvalue weighted by atomic mass is 9.94. The van der Waals surface area contributed by atoms with Crippen molar-refractivity contribution in [2.45, 2.75) is 58.3 Å². The fourth-order valence-corrected chi connectivity index (χ4v) is 2.76. The van der Waals surface area contributed by atoms with E-state index in [4.69, 9.17) is 21.1 Å².